The fourth-order valence-electron chi connectivity index (χ4n) is 3.31. The Morgan fingerprint density at radius 2 is 1.76 bits per heavy atom. The van der Waals surface area contributed by atoms with Crippen molar-refractivity contribution < 1.29 is 14.3 Å². The molecule has 4 rings (SSSR count). The van der Waals surface area contributed by atoms with Crippen LogP contribution in [0.2, 0.25) is 0 Å². The Labute approximate surface area is 169 Å². The van der Waals surface area contributed by atoms with Crippen LogP contribution in [0.25, 0.3) is 21.7 Å². The standard InChI is InChI=1S/C24H22N2O3/c1-15(2)26-24(27)20-6-4-5-16-13-18(8-9-19(16)20)29-23-11-12-25-22-14-17(28-3)7-10-21(22)23/h4-15H,1-3H3,(H,26,27). The number of ether oxygens (including phenoxy) is 2. The van der Waals surface area contributed by atoms with Gasteiger partial charge in [-0.25, -0.2) is 0 Å². The van der Waals surface area contributed by atoms with Crippen LogP contribution in [0.4, 0.5) is 0 Å². The molecule has 0 aliphatic rings. The van der Waals surface area contributed by atoms with Crippen molar-refractivity contribution in [3.63, 3.8) is 0 Å². The maximum Gasteiger partial charge on any atom is 0.252 e. The number of carbonyl (C=O) groups excluding carboxylic acids is 1. The summed E-state index contributed by atoms with van der Waals surface area (Å²) in [5, 5.41) is 5.68. The summed E-state index contributed by atoms with van der Waals surface area (Å²) in [5.74, 6) is 2.08. The molecule has 1 heterocycles. The van der Waals surface area contributed by atoms with Gasteiger partial charge < -0.3 is 14.8 Å². The lowest BCUT2D eigenvalue weighted by Gasteiger charge is -2.12. The fraction of sp³-hybridized carbons (Fsp3) is 0.167. The van der Waals surface area contributed by atoms with Crippen molar-refractivity contribution in [3.05, 3.63) is 72.4 Å². The Morgan fingerprint density at radius 1 is 0.966 bits per heavy atom. The second-order valence-corrected chi connectivity index (χ2v) is 7.11. The predicted molar refractivity (Wildman–Crippen MR) is 115 cm³/mol. The second-order valence-electron chi connectivity index (χ2n) is 7.11. The van der Waals surface area contributed by atoms with Crippen molar-refractivity contribution in [1.82, 2.24) is 10.3 Å². The van der Waals surface area contributed by atoms with Crippen LogP contribution >= 0.6 is 0 Å². The molecule has 0 bridgehead atoms. The van der Waals surface area contributed by atoms with E-state index in [-0.39, 0.29) is 11.9 Å². The Morgan fingerprint density at radius 3 is 2.55 bits per heavy atom. The predicted octanol–water partition coefficient (Wildman–Crippen LogP) is 5.33. The molecule has 146 valence electrons. The van der Waals surface area contributed by atoms with E-state index in [0.29, 0.717) is 17.1 Å². The number of hydrogen-bond donors (Lipinski definition) is 1. The van der Waals surface area contributed by atoms with E-state index in [1.54, 1.807) is 13.3 Å². The maximum absolute atomic E-state index is 12.5. The molecule has 0 aliphatic heterocycles. The van der Waals surface area contributed by atoms with Gasteiger partial charge in [0, 0.05) is 29.3 Å². The largest absolute Gasteiger partial charge is 0.497 e. The minimum Gasteiger partial charge on any atom is -0.497 e. The monoisotopic (exact) mass is 386 g/mol. The van der Waals surface area contributed by atoms with Crippen molar-refractivity contribution in [1.29, 1.82) is 0 Å². The zero-order chi connectivity index (χ0) is 20.4. The van der Waals surface area contributed by atoms with Crippen LogP contribution in [0.1, 0.15) is 24.2 Å². The molecule has 5 nitrogen and oxygen atoms in total. The third-order valence-electron chi connectivity index (χ3n) is 4.65. The first-order chi connectivity index (χ1) is 14.0. The van der Waals surface area contributed by atoms with Gasteiger partial charge in [0.05, 0.1) is 12.6 Å². The SMILES string of the molecule is COc1ccc2c(Oc3ccc4c(C(=O)NC(C)C)cccc4c3)ccnc2c1. The molecule has 0 fully saturated rings. The third-order valence-corrected chi connectivity index (χ3v) is 4.65. The molecule has 3 aromatic carbocycles. The molecule has 5 heteroatoms. The van der Waals surface area contributed by atoms with Crippen LogP contribution in [-0.4, -0.2) is 24.0 Å². The van der Waals surface area contributed by atoms with Crippen LogP contribution in [0, 0.1) is 0 Å². The summed E-state index contributed by atoms with van der Waals surface area (Å²) in [6.45, 7) is 3.90. The van der Waals surface area contributed by atoms with Gasteiger partial charge >= 0.3 is 0 Å². The molecule has 1 amide bonds. The number of fused-ring (bicyclic) bond motifs is 2. The number of carbonyl (C=O) groups is 1. The van der Waals surface area contributed by atoms with Crippen LogP contribution < -0.4 is 14.8 Å². The van der Waals surface area contributed by atoms with Gasteiger partial charge in [-0.15, -0.1) is 0 Å². The number of nitrogens with zero attached hydrogens (tertiary/aromatic N) is 1. The van der Waals surface area contributed by atoms with Crippen LogP contribution in [0.3, 0.4) is 0 Å². The first-order valence-electron chi connectivity index (χ1n) is 9.49. The minimum absolute atomic E-state index is 0.0756. The van der Waals surface area contributed by atoms with Gasteiger partial charge in [0.1, 0.15) is 17.2 Å². The van der Waals surface area contributed by atoms with Crippen molar-refractivity contribution in [3.8, 4) is 17.2 Å². The molecule has 4 aromatic rings. The van der Waals surface area contributed by atoms with Gasteiger partial charge in [-0.3, -0.25) is 9.78 Å². The smallest absolute Gasteiger partial charge is 0.252 e. The van der Waals surface area contributed by atoms with Crippen molar-refractivity contribution in [2.24, 2.45) is 0 Å². The number of methoxy groups -OCH3 is 1. The number of pyridine rings is 1. The minimum atomic E-state index is -0.0756. The van der Waals surface area contributed by atoms with Gasteiger partial charge in [-0.2, -0.15) is 0 Å². The molecule has 1 N–H and O–H groups in total. The van der Waals surface area contributed by atoms with Gasteiger partial charge in [-0.05, 0) is 67.1 Å². The van der Waals surface area contributed by atoms with Gasteiger partial charge in [-0.1, -0.05) is 12.1 Å². The third kappa shape index (κ3) is 3.85. The molecule has 1 aromatic heterocycles. The average Bonchev–Trinajstić information content (AvgIpc) is 2.72. The Kier molecular flexibility index (Phi) is 5.04. The summed E-state index contributed by atoms with van der Waals surface area (Å²) < 4.78 is 11.4. The number of rotatable bonds is 5. The highest BCUT2D eigenvalue weighted by atomic mass is 16.5. The van der Waals surface area contributed by atoms with E-state index in [1.807, 2.05) is 74.5 Å². The highest BCUT2D eigenvalue weighted by molar-refractivity contribution is 6.07. The van der Waals surface area contributed by atoms with E-state index in [0.717, 1.165) is 27.4 Å². The van der Waals surface area contributed by atoms with Crippen LogP contribution in [-0.2, 0) is 0 Å². The highest BCUT2D eigenvalue weighted by Crippen LogP contribution is 2.32. The molecular formula is C24H22N2O3. The number of aromatic nitrogens is 1. The fourth-order valence-corrected chi connectivity index (χ4v) is 3.31. The lowest BCUT2D eigenvalue weighted by molar-refractivity contribution is 0.0945. The summed E-state index contributed by atoms with van der Waals surface area (Å²) >= 11 is 0. The van der Waals surface area contributed by atoms with Crippen LogP contribution in [0.5, 0.6) is 17.2 Å². The summed E-state index contributed by atoms with van der Waals surface area (Å²) in [4.78, 5) is 16.9. The van der Waals surface area contributed by atoms with Gasteiger partial charge in [0.25, 0.3) is 5.91 Å². The van der Waals surface area contributed by atoms with E-state index in [2.05, 4.69) is 10.3 Å². The van der Waals surface area contributed by atoms with Gasteiger partial charge in [0.2, 0.25) is 0 Å². The van der Waals surface area contributed by atoms with Crippen molar-refractivity contribution in [2.75, 3.05) is 7.11 Å². The number of nitrogens with one attached hydrogen (secondary N) is 1. The van der Waals surface area contributed by atoms with E-state index in [9.17, 15) is 4.79 Å². The molecule has 0 unspecified atom stereocenters. The van der Waals surface area contributed by atoms with E-state index >= 15 is 0 Å². The zero-order valence-electron chi connectivity index (χ0n) is 16.6. The zero-order valence-corrected chi connectivity index (χ0v) is 16.6. The van der Waals surface area contributed by atoms with E-state index in [4.69, 9.17) is 9.47 Å². The lowest BCUT2D eigenvalue weighted by Crippen LogP contribution is -2.30. The highest BCUT2D eigenvalue weighted by Gasteiger charge is 2.12. The molecule has 0 radical (unpaired) electrons. The van der Waals surface area contributed by atoms with Crippen molar-refractivity contribution >= 4 is 27.6 Å². The van der Waals surface area contributed by atoms with Crippen molar-refractivity contribution in [2.45, 2.75) is 19.9 Å². The number of hydrogen-bond acceptors (Lipinski definition) is 4. The number of amides is 1. The van der Waals surface area contributed by atoms with Gasteiger partial charge in [0.15, 0.2) is 0 Å². The molecule has 0 spiro atoms. The second kappa shape index (κ2) is 7.80. The molecular weight excluding hydrogens is 364 g/mol. The molecule has 0 aliphatic carbocycles. The maximum atomic E-state index is 12.5. The molecule has 0 saturated heterocycles. The van der Waals surface area contributed by atoms with Crippen LogP contribution in [0.15, 0.2) is 66.9 Å². The number of benzene rings is 3. The normalized spacial score (nSPS) is 11.0. The quantitative estimate of drug-likeness (QED) is 0.504. The van der Waals surface area contributed by atoms with E-state index < -0.39 is 0 Å². The summed E-state index contributed by atoms with van der Waals surface area (Å²) in [6, 6.07) is 19.1. The average molecular weight is 386 g/mol. The summed E-state index contributed by atoms with van der Waals surface area (Å²) in [7, 11) is 1.63. The Balaban J connectivity index is 1.69. The lowest BCUT2D eigenvalue weighted by atomic mass is 10.0. The first-order valence-corrected chi connectivity index (χ1v) is 9.49. The summed E-state index contributed by atoms with van der Waals surface area (Å²) in [6.07, 6.45) is 1.71. The topological polar surface area (TPSA) is 60.5 Å². The Hall–Kier alpha value is -3.60. The Bertz CT molecular complexity index is 1200. The molecule has 0 saturated carbocycles. The summed E-state index contributed by atoms with van der Waals surface area (Å²) in [5.41, 5.74) is 1.46. The van der Waals surface area contributed by atoms with E-state index in [1.165, 1.54) is 0 Å². The molecule has 29 heavy (non-hydrogen) atoms. The first kappa shape index (κ1) is 18.7. The molecule has 0 atom stereocenters.